The number of morpholine rings is 1. The first kappa shape index (κ1) is 25.4. The van der Waals surface area contributed by atoms with Gasteiger partial charge in [-0.05, 0) is 37.0 Å². The fourth-order valence-electron chi connectivity index (χ4n) is 5.32. The second-order valence-corrected chi connectivity index (χ2v) is 10.7. The number of hydrogen-bond acceptors (Lipinski definition) is 7. The summed E-state index contributed by atoms with van der Waals surface area (Å²) < 4.78 is 22.6. The number of carbonyl (C=O) groups is 3. The lowest BCUT2D eigenvalue weighted by Gasteiger charge is -2.52. The summed E-state index contributed by atoms with van der Waals surface area (Å²) in [5, 5.41) is 0. The van der Waals surface area contributed by atoms with Gasteiger partial charge in [0.1, 0.15) is 11.2 Å². The summed E-state index contributed by atoms with van der Waals surface area (Å²) in [5.41, 5.74) is -0.904. The number of likely N-dealkylation sites (tertiary alicyclic amines) is 1. The van der Waals surface area contributed by atoms with E-state index in [0.717, 1.165) is 0 Å². The molecule has 4 atom stereocenters. The van der Waals surface area contributed by atoms with Crippen LogP contribution >= 0.6 is 0 Å². The number of carbonyl (C=O) groups excluding carboxylic acids is 3. The van der Waals surface area contributed by atoms with Crippen molar-refractivity contribution in [1.82, 2.24) is 9.80 Å². The highest BCUT2D eigenvalue weighted by atomic mass is 16.5. The van der Waals surface area contributed by atoms with Crippen molar-refractivity contribution in [2.45, 2.75) is 59.3 Å². The zero-order valence-electron chi connectivity index (χ0n) is 21.2. The van der Waals surface area contributed by atoms with Crippen molar-refractivity contribution in [3.63, 3.8) is 0 Å². The zero-order valence-corrected chi connectivity index (χ0v) is 21.2. The van der Waals surface area contributed by atoms with Crippen LogP contribution < -0.4 is 0 Å². The van der Waals surface area contributed by atoms with Crippen LogP contribution in [0.3, 0.4) is 0 Å². The van der Waals surface area contributed by atoms with Gasteiger partial charge in [0.25, 0.3) is 0 Å². The summed E-state index contributed by atoms with van der Waals surface area (Å²) in [4.78, 5) is 43.8. The normalized spacial score (nSPS) is 29.5. The summed E-state index contributed by atoms with van der Waals surface area (Å²) in [6, 6.07) is 3.55. The fourth-order valence-corrected chi connectivity index (χ4v) is 5.32. The van der Waals surface area contributed by atoms with Crippen molar-refractivity contribution >= 4 is 17.8 Å². The second kappa shape index (κ2) is 9.78. The third kappa shape index (κ3) is 4.76. The lowest BCUT2D eigenvalue weighted by Crippen LogP contribution is -2.61. The number of methoxy groups -OCH3 is 1. The standard InChI is InChI=1S/C26H36N2O7/c1-17-26(24(31)32-5)15-18(13-22(29)27-8-11-33-12-9-27)23(30)28(16-19-7-6-10-34-19)20(26)14-21(35-17)25(2,3)4/h6-7,10,14,17-18,21H,8-9,11-13,15-16H2,1-5H3/t17-,18+,21-,26+/m1/s1. The lowest BCUT2D eigenvalue weighted by molar-refractivity contribution is -0.181. The molecule has 1 aromatic rings. The van der Waals surface area contributed by atoms with Crippen molar-refractivity contribution < 1.29 is 33.0 Å². The van der Waals surface area contributed by atoms with E-state index in [4.69, 9.17) is 18.6 Å². The van der Waals surface area contributed by atoms with Crippen LogP contribution in [0.2, 0.25) is 0 Å². The Balaban J connectivity index is 1.76. The SMILES string of the molecule is COC(=O)[C@]12C[C@H](CC(=O)N3CCOCC3)C(=O)N(Cc3ccco3)C1=C[C@H](C(C)(C)C)O[C@@H]2C. The number of amides is 2. The summed E-state index contributed by atoms with van der Waals surface area (Å²) >= 11 is 0. The minimum atomic E-state index is -1.22. The smallest absolute Gasteiger partial charge is 0.320 e. The third-order valence-corrected chi connectivity index (χ3v) is 7.37. The first-order valence-corrected chi connectivity index (χ1v) is 12.2. The molecule has 2 saturated heterocycles. The summed E-state index contributed by atoms with van der Waals surface area (Å²) in [7, 11) is 1.35. The molecular formula is C26H36N2O7. The molecule has 0 unspecified atom stereocenters. The molecule has 0 spiro atoms. The van der Waals surface area contributed by atoms with E-state index in [2.05, 4.69) is 20.8 Å². The molecule has 4 heterocycles. The Hall–Kier alpha value is -2.65. The van der Waals surface area contributed by atoms with Crippen molar-refractivity contribution in [1.29, 1.82) is 0 Å². The predicted octanol–water partition coefficient (Wildman–Crippen LogP) is 2.75. The van der Waals surface area contributed by atoms with Crippen LogP contribution in [-0.4, -0.2) is 73.2 Å². The van der Waals surface area contributed by atoms with E-state index >= 15 is 0 Å². The van der Waals surface area contributed by atoms with E-state index in [1.807, 2.05) is 13.0 Å². The zero-order chi connectivity index (χ0) is 25.4. The number of ether oxygens (including phenoxy) is 3. The van der Waals surface area contributed by atoms with Crippen molar-refractivity contribution in [2.75, 3.05) is 33.4 Å². The Morgan fingerprint density at radius 3 is 2.54 bits per heavy atom. The van der Waals surface area contributed by atoms with E-state index < -0.39 is 23.4 Å². The average molecular weight is 489 g/mol. The predicted molar refractivity (Wildman–Crippen MR) is 126 cm³/mol. The maximum atomic E-state index is 13.9. The molecule has 2 fully saturated rings. The molecule has 9 nitrogen and oxygen atoms in total. The average Bonchev–Trinajstić information content (AvgIpc) is 3.34. The monoisotopic (exact) mass is 488 g/mol. The van der Waals surface area contributed by atoms with E-state index in [-0.39, 0.29) is 42.7 Å². The Kier molecular flexibility index (Phi) is 7.11. The van der Waals surface area contributed by atoms with Gasteiger partial charge >= 0.3 is 5.97 Å². The minimum absolute atomic E-state index is 0.00886. The molecule has 3 aliphatic rings. The Morgan fingerprint density at radius 1 is 1.23 bits per heavy atom. The van der Waals surface area contributed by atoms with Gasteiger partial charge in [-0.3, -0.25) is 14.4 Å². The lowest BCUT2D eigenvalue weighted by atomic mass is 9.65. The van der Waals surface area contributed by atoms with Gasteiger partial charge in [0, 0.05) is 31.1 Å². The molecule has 2 amide bonds. The largest absolute Gasteiger partial charge is 0.468 e. The van der Waals surface area contributed by atoms with Gasteiger partial charge in [0.15, 0.2) is 0 Å². The molecule has 0 saturated carbocycles. The molecule has 0 aliphatic carbocycles. The number of furan rings is 1. The van der Waals surface area contributed by atoms with Crippen LogP contribution in [0, 0.1) is 16.7 Å². The van der Waals surface area contributed by atoms with Crippen LogP contribution in [0.1, 0.15) is 46.3 Å². The number of nitrogens with zero attached hydrogens (tertiary/aromatic N) is 2. The van der Waals surface area contributed by atoms with Crippen LogP contribution in [0.5, 0.6) is 0 Å². The van der Waals surface area contributed by atoms with E-state index in [1.165, 1.54) is 7.11 Å². The highest BCUT2D eigenvalue weighted by Gasteiger charge is 2.60. The highest BCUT2D eigenvalue weighted by Crippen LogP contribution is 2.52. The number of fused-ring (bicyclic) bond motifs is 1. The molecule has 0 bridgehead atoms. The molecule has 3 aliphatic heterocycles. The summed E-state index contributed by atoms with van der Waals surface area (Å²) in [6.45, 7) is 10.1. The molecule has 0 radical (unpaired) electrons. The van der Waals surface area contributed by atoms with Gasteiger partial charge in [0.05, 0.1) is 45.3 Å². The van der Waals surface area contributed by atoms with Crippen molar-refractivity contribution in [3.8, 4) is 0 Å². The maximum Gasteiger partial charge on any atom is 0.320 e. The molecule has 0 aromatic carbocycles. The van der Waals surface area contributed by atoms with E-state index in [9.17, 15) is 14.4 Å². The van der Waals surface area contributed by atoms with Crippen molar-refractivity contribution in [3.05, 3.63) is 35.9 Å². The molecule has 1 aromatic heterocycles. The number of hydrogen-bond donors (Lipinski definition) is 0. The van der Waals surface area contributed by atoms with Gasteiger partial charge in [0.2, 0.25) is 11.8 Å². The van der Waals surface area contributed by atoms with Crippen LogP contribution in [0.15, 0.2) is 34.6 Å². The highest BCUT2D eigenvalue weighted by molar-refractivity contribution is 5.92. The van der Waals surface area contributed by atoms with Crippen molar-refractivity contribution in [2.24, 2.45) is 16.7 Å². The van der Waals surface area contributed by atoms with E-state index in [0.29, 0.717) is 37.8 Å². The molecule has 0 N–H and O–H groups in total. The van der Waals surface area contributed by atoms with Crippen LogP contribution in [0.25, 0.3) is 0 Å². The summed E-state index contributed by atoms with van der Waals surface area (Å²) in [6.07, 6.45) is 2.71. The maximum absolute atomic E-state index is 13.9. The first-order valence-electron chi connectivity index (χ1n) is 12.2. The third-order valence-electron chi connectivity index (χ3n) is 7.37. The number of rotatable bonds is 5. The van der Waals surface area contributed by atoms with Gasteiger partial charge < -0.3 is 28.4 Å². The topological polar surface area (TPSA) is 98.5 Å². The van der Waals surface area contributed by atoms with Gasteiger partial charge in [-0.2, -0.15) is 0 Å². The first-order chi connectivity index (χ1) is 16.6. The number of piperidine rings is 1. The molecule has 4 rings (SSSR count). The molecular weight excluding hydrogens is 452 g/mol. The summed E-state index contributed by atoms with van der Waals surface area (Å²) in [5.74, 6) is -0.896. The Labute approximate surface area is 206 Å². The van der Waals surface area contributed by atoms with Crippen LogP contribution in [-0.2, 0) is 35.1 Å². The van der Waals surface area contributed by atoms with Gasteiger partial charge in [-0.25, -0.2) is 0 Å². The minimum Gasteiger partial charge on any atom is -0.468 e. The van der Waals surface area contributed by atoms with Gasteiger partial charge in [-0.1, -0.05) is 20.8 Å². The van der Waals surface area contributed by atoms with Crippen LogP contribution in [0.4, 0.5) is 0 Å². The number of esters is 1. The Morgan fingerprint density at radius 2 is 1.94 bits per heavy atom. The fraction of sp³-hybridized carbons (Fsp3) is 0.654. The van der Waals surface area contributed by atoms with Gasteiger partial charge in [-0.15, -0.1) is 0 Å². The molecule has 192 valence electrons. The molecule has 35 heavy (non-hydrogen) atoms. The molecule has 9 heteroatoms. The Bertz CT molecular complexity index is 974. The van der Waals surface area contributed by atoms with E-state index in [1.54, 1.807) is 28.2 Å². The second-order valence-electron chi connectivity index (χ2n) is 10.7. The quantitative estimate of drug-likeness (QED) is 0.588.